The highest BCUT2D eigenvalue weighted by atomic mass is 28.4. The number of rotatable bonds is 6. The van der Waals surface area contributed by atoms with Crippen molar-refractivity contribution in [2.24, 2.45) is 0 Å². The van der Waals surface area contributed by atoms with Crippen LogP contribution in [0.1, 0.15) is 41.5 Å². The van der Waals surface area contributed by atoms with Crippen molar-refractivity contribution in [3.05, 3.63) is 24.5 Å². The van der Waals surface area contributed by atoms with Gasteiger partial charge in [0, 0.05) is 0 Å². The third kappa shape index (κ3) is 7.07. The van der Waals surface area contributed by atoms with E-state index in [-0.39, 0.29) is 10.1 Å². The monoisotopic (exact) mass is 353 g/mol. The molecule has 132 valence electrons. The maximum absolute atomic E-state index is 9.30. The van der Waals surface area contributed by atoms with Crippen LogP contribution in [0.5, 0.6) is 0 Å². The van der Waals surface area contributed by atoms with E-state index in [0.717, 1.165) is 0 Å². The normalized spacial score (nSPS) is 15.9. The molecular formula is C18H35NO2Si2. The van der Waals surface area contributed by atoms with Crippen molar-refractivity contribution >= 4 is 16.6 Å². The predicted octanol–water partition coefficient (Wildman–Crippen LogP) is 5.99. The lowest BCUT2D eigenvalue weighted by atomic mass is 10.2. The minimum absolute atomic E-state index is 0.0945. The Morgan fingerprint density at radius 3 is 1.74 bits per heavy atom. The molecule has 0 spiro atoms. The van der Waals surface area contributed by atoms with Crippen molar-refractivity contribution in [3.8, 4) is 6.07 Å². The zero-order chi connectivity index (χ0) is 18.5. The van der Waals surface area contributed by atoms with Crippen LogP contribution in [0.3, 0.4) is 0 Å². The van der Waals surface area contributed by atoms with Crippen LogP contribution in [0.4, 0.5) is 0 Å². The molecule has 0 amide bonds. The summed E-state index contributed by atoms with van der Waals surface area (Å²) in [5, 5.41) is 9.57. The highest BCUT2D eigenvalue weighted by molar-refractivity contribution is 6.74. The van der Waals surface area contributed by atoms with Gasteiger partial charge >= 0.3 is 0 Å². The molecule has 0 radical (unpaired) electrons. The van der Waals surface area contributed by atoms with E-state index in [4.69, 9.17) is 8.85 Å². The van der Waals surface area contributed by atoms with Gasteiger partial charge in [0.05, 0.1) is 12.3 Å². The zero-order valence-corrected chi connectivity index (χ0v) is 18.7. The van der Waals surface area contributed by atoms with Crippen LogP contribution in [-0.2, 0) is 8.85 Å². The van der Waals surface area contributed by atoms with E-state index in [9.17, 15) is 5.26 Å². The summed E-state index contributed by atoms with van der Waals surface area (Å²) in [4.78, 5) is 0. The molecule has 0 aromatic heterocycles. The summed E-state index contributed by atoms with van der Waals surface area (Å²) in [6.07, 6.45) is 6.72. The molecule has 0 aliphatic rings. The number of nitrogens with zero attached hydrogens (tertiary/aromatic N) is 1. The van der Waals surface area contributed by atoms with E-state index in [0.29, 0.717) is 0 Å². The third-order valence-corrected chi connectivity index (χ3v) is 13.8. The van der Waals surface area contributed by atoms with E-state index in [1.165, 1.54) is 0 Å². The minimum Gasteiger partial charge on any atom is -0.549 e. The molecular weight excluding hydrogens is 318 g/mol. The fraction of sp³-hybridized carbons (Fsp3) is 0.722. The molecule has 0 heterocycles. The fourth-order valence-electron chi connectivity index (χ4n) is 1.20. The Morgan fingerprint density at radius 1 is 0.870 bits per heavy atom. The lowest BCUT2D eigenvalue weighted by Gasteiger charge is -2.37. The Hall–Kier alpha value is -0.836. The van der Waals surface area contributed by atoms with Gasteiger partial charge in [-0.3, -0.25) is 0 Å². The second-order valence-corrected chi connectivity index (χ2v) is 18.5. The van der Waals surface area contributed by atoms with Crippen molar-refractivity contribution in [3.63, 3.8) is 0 Å². The molecule has 5 heteroatoms. The van der Waals surface area contributed by atoms with Gasteiger partial charge in [0.25, 0.3) is 0 Å². The van der Waals surface area contributed by atoms with Crippen molar-refractivity contribution in [2.45, 2.75) is 83.9 Å². The van der Waals surface area contributed by atoms with E-state index in [1.807, 2.05) is 12.2 Å². The van der Waals surface area contributed by atoms with Crippen molar-refractivity contribution < 1.29 is 8.85 Å². The number of allylic oxidation sites excluding steroid dienone is 2. The summed E-state index contributed by atoms with van der Waals surface area (Å²) in [6.45, 7) is 21.9. The molecule has 0 saturated carbocycles. The molecule has 0 bridgehead atoms. The van der Waals surface area contributed by atoms with Gasteiger partial charge in [0.1, 0.15) is 0 Å². The van der Waals surface area contributed by atoms with E-state index in [2.05, 4.69) is 73.8 Å². The maximum atomic E-state index is 9.30. The first-order valence-electron chi connectivity index (χ1n) is 8.23. The summed E-state index contributed by atoms with van der Waals surface area (Å²) in [5.41, 5.74) is 0. The number of nitriles is 1. The molecule has 1 atom stereocenters. The molecule has 0 aromatic rings. The van der Waals surface area contributed by atoms with E-state index >= 15 is 0 Å². The van der Waals surface area contributed by atoms with Gasteiger partial charge in [0.2, 0.25) is 8.32 Å². The second kappa shape index (κ2) is 7.82. The summed E-state index contributed by atoms with van der Waals surface area (Å²) in [5.74, 6) is 0. The fourth-order valence-corrected chi connectivity index (χ4v) is 3.09. The molecule has 0 N–H and O–H groups in total. The highest BCUT2D eigenvalue weighted by Gasteiger charge is 2.39. The molecule has 0 aromatic carbocycles. The summed E-state index contributed by atoms with van der Waals surface area (Å²) >= 11 is 0. The molecule has 0 aliphatic carbocycles. The topological polar surface area (TPSA) is 42.2 Å². The van der Waals surface area contributed by atoms with Crippen molar-refractivity contribution in [1.29, 1.82) is 5.26 Å². The van der Waals surface area contributed by atoms with Gasteiger partial charge in [-0.2, -0.15) is 5.26 Å². The molecule has 0 saturated heterocycles. The quantitative estimate of drug-likeness (QED) is 0.334. The Kier molecular flexibility index (Phi) is 7.54. The number of hydrogen-bond acceptors (Lipinski definition) is 3. The largest absolute Gasteiger partial charge is 0.549 e. The molecule has 23 heavy (non-hydrogen) atoms. The van der Waals surface area contributed by atoms with Gasteiger partial charge in [-0.15, -0.1) is 0 Å². The zero-order valence-electron chi connectivity index (χ0n) is 16.7. The Bertz CT molecular complexity index is 475. The molecule has 0 aliphatic heterocycles. The lowest BCUT2D eigenvalue weighted by Crippen LogP contribution is -2.43. The summed E-state index contributed by atoms with van der Waals surface area (Å²) in [6, 6.07) is 2.22. The van der Waals surface area contributed by atoms with Gasteiger partial charge < -0.3 is 8.85 Å². The first-order chi connectivity index (χ1) is 10.1. The highest BCUT2D eigenvalue weighted by Crippen LogP contribution is 2.37. The smallest absolute Gasteiger partial charge is 0.249 e. The standard InChI is InChI=1S/C18H35NO2Si2/c1-17(2,3)22(7,8)20-14-12-11-13-16(15-19)21-23(9,10)18(4,5)6/h11-14,16H,1-10H3/b13-11+,14-12+. The predicted molar refractivity (Wildman–Crippen MR) is 104 cm³/mol. The minimum atomic E-state index is -1.93. The average molecular weight is 354 g/mol. The third-order valence-electron chi connectivity index (χ3n) is 5.00. The van der Waals surface area contributed by atoms with Crippen LogP contribution in [0, 0.1) is 11.3 Å². The van der Waals surface area contributed by atoms with Crippen LogP contribution in [0.15, 0.2) is 24.5 Å². The van der Waals surface area contributed by atoms with Crippen LogP contribution in [0.25, 0.3) is 0 Å². The maximum Gasteiger partial charge on any atom is 0.249 e. The summed E-state index contributed by atoms with van der Waals surface area (Å²) < 4.78 is 12.0. The van der Waals surface area contributed by atoms with Gasteiger partial charge in [-0.1, -0.05) is 47.6 Å². The van der Waals surface area contributed by atoms with E-state index < -0.39 is 22.7 Å². The van der Waals surface area contributed by atoms with Crippen LogP contribution in [-0.4, -0.2) is 22.7 Å². The van der Waals surface area contributed by atoms with Crippen molar-refractivity contribution in [2.75, 3.05) is 0 Å². The first kappa shape index (κ1) is 22.2. The van der Waals surface area contributed by atoms with Gasteiger partial charge in [-0.25, -0.2) is 0 Å². The van der Waals surface area contributed by atoms with E-state index in [1.54, 1.807) is 12.3 Å². The Labute approximate surface area is 145 Å². The SMILES string of the molecule is CC(C)(C)[Si](C)(C)O/C=C/C=C/C(C#N)O[Si](C)(C)C(C)(C)C. The number of hydrogen-bond donors (Lipinski definition) is 0. The molecule has 0 rings (SSSR count). The summed E-state index contributed by atoms with van der Waals surface area (Å²) in [7, 11) is -3.70. The van der Waals surface area contributed by atoms with Crippen molar-refractivity contribution in [1.82, 2.24) is 0 Å². The second-order valence-electron chi connectivity index (χ2n) is 9.02. The Balaban J connectivity index is 4.72. The van der Waals surface area contributed by atoms with Gasteiger partial charge in [0.15, 0.2) is 14.4 Å². The molecule has 3 nitrogen and oxygen atoms in total. The molecule has 1 unspecified atom stereocenters. The van der Waals surface area contributed by atoms with Crippen LogP contribution < -0.4 is 0 Å². The first-order valence-corrected chi connectivity index (χ1v) is 14.0. The average Bonchev–Trinajstić information content (AvgIpc) is 2.33. The molecule has 0 fully saturated rings. The lowest BCUT2D eigenvalue weighted by molar-refractivity contribution is 0.273. The van der Waals surface area contributed by atoms with Gasteiger partial charge in [-0.05, 0) is 48.4 Å². The van der Waals surface area contributed by atoms with Crippen LogP contribution in [0.2, 0.25) is 36.3 Å². The van der Waals surface area contributed by atoms with Crippen LogP contribution >= 0.6 is 0 Å². The Morgan fingerprint density at radius 2 is 1.35 bits per heavy atom.